The molecule has 2 aromatic carbocycles. The van der Waals surface area contributed by atoms with E-state index >= 15 is 0 Å². The van der Waals surface area contributed by atoms with Crippen LogP contribution in [0.2, 0.25) is 0 Å². The molecule has 0 saturated heterocycles. The van der Waals surface area contributed by atoms with Crippen LogP contribution in [0.4, 0.5) is 13.9 Å². The highest BCUT2D eigenvalue weighted by molar-refractivity contribution is 7.93. The summed E-state index contributed by atoms with van der Waals surface area (Å²) in [6.07, 6.45) is 2.93. The topological polar surface area (TPSA) is 97.0 Å². The Morgan fingerprint density at radius 2 is 1.86 bits per heavy atom. The molecule has 0 bridgehead atoms. The molecule has 2 N–H and O–H groups in total. The normalized spacial score (nSPS) is 11.4. The van der Waals surface area contributed by atoms with Gasteiger partial charge in [-0.3, -0.25) is 9.82 Å². The zero-order valence-corrected chi connectivity index (χ0v) is 16.1. The molecule has 29 heavy (non-hydrogen) atoms. The molecule has 0 unspecified atom stereocenters. The number of thiazole rings is 1. The van der Waals surface area contributed by atoms with Gasteiger partial charge in [0.2, 0.25) is 0 Å². The van der Waals surface area contributed by atoms with Crippen molar-refractivity contribution < 1.29 is 21.9 Å². The minimum atomic E-state index is -4.01. The van der Waals surface area contributed by atoms with Gasteiger partial charge >= 0.3 is 0 Å². The fourth-order valence-corrected chi connectivity index (χ4v) is 4.31. The highest BCUT2D eigenvalue weighted by atomic mass is 32.2. The molecule has 0 aliphatic carbocycles. The number of rotatable bonds is 6. The van der Waals surface area contributed by atoms with Gasteiger partial charge in [-0.15, -0.1) is 11.3 Å². The maximum Gasteiger partial charge on any atom is 0.263 e. The Balaban J connectivity index is 1.63. The summed E-state index contributed by atoms with van der Waals surface area (Å²) in [5, 5.41) is 8.27. The van der Waals surface area contributed by atoms with Gasteiger partial charge in [-0.05, 0) is 42.5 Å². The minimum absolute atomic E-state index is 0.168. The van der Waals surface area contributed by atoms with E-state index in [-0.39, 0.29) is 21.5 Å². The molecule has 0 spiro atoms. The summed E-state index contributed by atoms with van der Waals surface area (Å²) in [7, 11) is -4.01. The molecule has 0 saturated carbocycles. The Bertz CT molecular complexity index is 1240. The van der Waals surface area contributed by atoms with Crippen molar-refractivity contribution in [1.82, 2.24) is 15.2 Å². The molecule has 0 fully saturated rings. The van der Waals surface area contributed by atoms with E-state index in [4.69, 9.17) is 4.74 Å². The summed E-state index contributed by atoms with van der Waals surface area (Å²) >= 11 is 1.10. The van der Waals surface area contributed by atoms with Gasteiger partial charge in [0.1, 0.15) is 11.6 Å². The largest absolute Gasteiger partial charge is 0.454 e. The number of aromatic nitrogens is 3. The van der Waals surface area contributed by atoms with E-state index in [2.05, 4.69) is 19.9 Å². The Morgan fingerprint density at radius 3 is 2.55 bits per heavy atom. The summed E-state index contributed by atoms with van der Waals surface area (Å²) in [6, 6.07) is 8.57. The van der Waals surface area contributed by atoms with Gasteiger partial charge in [0, 0.05) is 23.3 Å². The van der Waals surface area contributed by atoms with Gasteiger partial charge in [-0.2, -0.15) is 5.10 Å². The smallest absolute Gasteiger partial charge is 0.263 e. The molecule has 0 aliphatic heterocycles. The lowest BCUT2D eigenvalue weighted by atomic mass is 10.1. The van der Waals surface area contributed by atoms with Gasteiger partial charge < -0.3 is 4.74 Å². The molecule has 0 aliphatic rings. The number of aromatic amines is 1. The number of halogens is 2. The van der Waals surface area contributed by atoms with E-state index in [1.165, 1.54) is 42.7 Å². The molecule has 0 amide bonds. The first-order chi connectivity index (χ1) is 13.9. The van der Waals surface area contributed by atoms with Crippen LogP contribution in [-0.4, -0.2) is 23.6 Å². The maximum absolute atomic E-state index is 14.6. The van der Waals surface area contributed by atoms with Crippen LogP contribution in [0, 0.1) is 11.6 Å². The number of hydrogen-bond acceptors (Lipinski definition) is 6. The first-order valence-electron chi connectivity index (χ1n) is 8.11. The van der Waals surface area contributed by atoms with Crippen molar-refractivity contribution in [2.45, 2.75) is 4.90 Å². The van der Waals surface area contributed by atoms with Crippen molar-refractivity contribution in [3.8, 4) is 22.8 Å². The summed E-state index contributed by atoms with van der Waals surface area (Å²) < 4.78 is 60.8. The third kappa shape index (κ3) is 4.10. The molecular weight excluding hydrogens is 422 g/mol. The predicted molar refractivity (Wildman–Crippen MR) is 103 cm³/mol. The zero-order chi connectivity index (χ0) is 20.4. The third-order valence-corrected chi connectivity index (χ3v) is 5.97. The second-order valence-corrected chi connectivity index (χ2v) is 8.32. The second kappa shape index (κ2) is 7.60. The van der Waals surface area contributed by atoms with Crippen molar-refractivity contribution >= 4 is 26.5 Å². The Morgan fingerprint density at radius 1 is 1.03 bits per heavy atom. The van der Waals surface area contributed by atoms with Crippen molar-refractivity contribution in [2.24, 2.45) is 0 Å². The lowest BCUT2D eigenvalue weighted by Crippen LogP contribution is -2.13. The molecule has 2 heterocycles. The highest BCUT2D eigenvalue weighted by Crippen LogP contribution is 2.34. The fraction of sp³-hybridized carbons (Fsp3) is 0. The number of ether oxygens (including phenoxy) is 1. The quantitative estimate of drug-likeness (QED) is 0.469. The van der Waals surface area contributed by atoms with Gasteiger partial charge in [0.15, 0.2) is 16.7 Å². The fourth-order valence-electron chi connectivity index (χ4n) is 2.51. The average Bonchev–Trinajstić information content (AvgIpc) is 3.38. The predicted octanol–water partition coefficient (Wildman–Crippen LogP) is 4.40. The minimum Gasteiger partial charge on any atom is -0.454 e. The number of hydrogen-bond donors (Lipinski definition) is 2. The average molecular weight is 434 g/mol. The van der Waals surface area contributed by atoms with Crippen LogP contribution in [0.15, 0.2) is 65.1 Å². The standard InChI is InChI=1S/C18H12F2N4O3S2/c19-11-1-3-16(13(9-11)15-5-6-22-23-15)27-17-4-2-12(10-14(17)20)29(25,26)24-18-21-7-8-28-18/h1-10H,(H,21,24)(H,22,23). The summed E-state index contributed by atoms with van der Waals surface area (Å²) in [5.41, 5.74) is 0.816. The van der Waals surface area contributed by atoms with Gasteiger partial charge in [0.05, 0.1) is 10.6 Å². The number of nitrogens with one attached hydrogen (secondary N) is 2. The van der Waals surface area contributed by atoms with E-state index in [0.29, 0.717) is 11.3 Å². The van der Waals surface area contributed by atoms with E-state index < -0.39 is 21.7 Å². The maximum atomic E-state index is 14.6. The zero-order valence-electron chi connectivity index (χ0n) is 14.5. The van der Waals surface area contributed by atoms with Crippen LogP contribution < -0.4 is 9.46 Å². The Labute approximate surface area is 168 Å². The second-order valence-electron chi connectivity index (χ2n) is 5.75. The van der Waals surface area contributed by atoms with Gasteiger partial charge in [0.25, 0.3) is 10.0 Å². The van der Waals surface area contributed by atoms with Crippen LogP contribution in [0.25, 0.3) is 11.3 Å². The van der Waals surface area contributed by atoms with Gasteiger partial charge in [-0.25, -0.2) is 22.2 Å². The van der Waals surface area contributed by atoms with E-state index in [9.17, 15) is 17.2 Å². The summed E-state index contributed by atoms with van der Waals surface area (Å²) in [5.74, 6) is -1.44. The SMILES string of the molecule is O=S(=O)(Nc1nccs1)c1ccc(Oc2ccc(F)cc2-c2ccn[nH]2)c(F)c1. The lowest BCUT2D eigenvalue weighted by Gasteiger charge is -2.12. The molecule has 148 valence electrons. The Kier molecular flexibility index (Phi) is 4.99. The van der Waals surface area contributed by atoms with Crippen molar-refractivity contribution in [3.63, 3.8) is 0 Å². The molecule has 4 aromatic rings. The van der Waals surface area contributed by atoms with Crippen molar-refractivity contribution in [1.29, 1.82) is 0 Å². The van der Waals surface area contributed by atoms with E-state index in [1.54, 1.807) is 11.4 Å². The molecule has 4 rings (SSSR count). The van der Waals surface area contributed by atoms with Crippen LogP contribution in [-0.2, 0) is 10.0 Å². The van der Waals surface area contributed by atoms with Crippen LogP contribution in [0.3, 0.4) is 0 Å². The first-order valence-corrected chi connectivity index (χ1v) is 10.5. The number of nitrogens with zero attached hydrogens (tertiary/aromatic N) is 2. The molecule has 0 atom stereocenters. The third-order valence-electron chi connectivity index (χ3n) is 3.82. The highest BCUT2D eigenvalue weighted by Gasteiger charge is 2.19. The summed E-state index contributed by atoms with van der Waals surface area (Å²) in [4.78, 5) is 3.55. The van der Waals surface area contributed by atoms with Crippen LogP contribution in [0.5, 0.6) is 11.5 Å². The van der Waals surface area contributed by atoms with E-state index in [0.717, 1.165) is 17.4 Å². The molecule has 0 radical (unpaired) electrons. The summed E-state index contributed by atoms with van der Waals surface area (Å²) in [6.45, 7) is 0. The molecule has 7 nitrogen and oxygen atoms in total. The lowest BCUT2D eigenvalue weighted by molar-refractivity contribution is 0.441. The van der Waals surface area contributed by atoms with Crippen LogP contribution >= 0.6 is 11.3 Å². The number of H-pyrrole nitrogens is 1. The number of anilines is 1. The monoisotopic (exact) mass is 434 g/mol. The van der Waals surface area contributed by atoms with E-state index in [1.807, 2.05) is 0 Å². The number of benzene rings is 2. The van der Waals surface area contributed by atoms with Crippen molar-refractivity contribution in [3.05, 3.63) is 71.9 Å². The Hall–Kier alpha value is -3.31. The van der Waals surface area contributed by atoms with Gasteiger partial charge in [-0.1, -0.05) is 0 Å². The molecular formula is C18H12F2N4O3S2. The number of sulfonamides is 1. The van der Waals surface area contributed by atoms with Crippen molar-refractivity contribution in [2.75, 3.05) is 4.72 Å². The molecule has 2 aromatic heterocycles. The first kappa shape index (κ1) is 19.0. The van der Waals surface area contributed by atoms with Crippen LogP contribution in [0.1, 0.15) is 0 Å². The molecule has 11 heteroatoms.